The Balaban J connectivity index is 1.76. The Morgan fingerprint density at radius 1 is 1.00 bits per heavy atom. The lowest BCUT2D eigenvalue weighted by molar-refractivity contribution is 0.126. The standard InChI is InChI=1S/C18H22O2/c1-15(17-9-6-10-18(13-17)19-2)14-20-12-11-16-7-4-3-5-8-16/h3-10,13,15H,11-12,14H2,1-2H3. The van der Waals surface area contributed by atoms with Gasteiger partial charge in [-0.15, -0.1) is 0 Å². The summed E-state index contributed by atoms with van der Waals surface area (Å²) >= 11 is 0. The van der Waals surface area contributed by atoms with Gasteiger partial charge in [-0.25, -0.2) is 0 Å². The van der Waals surface area contributed by atoms with Crippen LogP contribution in [-0.4, -0.2) is 20.3 Å². The molecule has 106 valence electrons. The van der Waals surface area contributed by atoms with Gasteiger partial charge in [0.15, 0.2) is 0 Å². The average Bonchev–Trinajstić information content (AvgIpc) is 2.52. The molecule has 0 fully saturated rings. The van der Waals surface area contributed by atoms with E-state index in [1.54, 1.807) is 7.11 Å². The largest absolute Gasteiger partial charge is 0.497 e. The maximum absolute atomic E-state index is 5.79. The predicted octanol–water partition coefficient (Wildman–Crippen LogP) is 4.06. The van der Waals surface area contributed by atoms with Crippen LogP contribution < -0.4 is 4.74 Å². The second-order valence-corrected chi connectivity index (χ2v) is 4.99. The smallest absolute Gasteiger partial charge is 0.119 e. The minimum atomic E-state index is 0.376. The first-order chi connectivity index (χ1) is 9.79. The molecule has 2 nitrogen and oxygen atoms in total. The minimum absolute atomic E-state index is 0.376. The van der Waals surface area contributed by atoms with Crippen LogP contribution in [0, 0.1) is 0 Å². The summed E-state index contributed by atoms with van der Waals surface area (Å²) in [5, 5.41) is 0. The molecule has 0 radical (unpaired) electrons. The third kappa shape index (κ3) is 4.39. The first-order valence-electron chi connectivity index (χ1n) is 7.05. The summed E-state index contributed by atoms with van der Waals surface area (Å²) in [6.07, 6.45) is 0.964. The monoisotopic (exact) mass is 270 g/mol. The van der Waals surface area contributed by atoms with Crippen LogP contribution in [-0.2, 0) is 11.2 Å². The zero-order chi connectivity index (χ0) is 14.2. The molecule has 0 saturated carbocycles. The van der Waals surface area contributed by atoms with Crippen LogP contribution in [0.5, 0.6) is 5.75 Å². The van der Waals surface area contributed by atoms with Crippen molar-refractivity contribution in [2.75, 3.05) is 20.3 Å². The molecule has 1 unspecified atom stereocenters. The van der Waals surface area contributed by atoms with E-state index >= 15 is 0 Å². The maximum atomic E-state index is 5.79. The molecule has 0 aliphatic heterocycles. The summed E-state index contributed by atoms with van der Waals surface area (Å²) in [5.74, 6) is 1.28. The van der Waals surface area contributed by atoms with Crippen molar-refractivity contribution in [2.45, 2.75) is 19.3 Å². The number of hydrogen-bond acceptors (Lipinski definition) is 2. The van der Waals surface area contributed by atoms with Crippen molar-refractivity contribution < 1.29 is 9.47 Å². The molecule has 1 atom stereocenters. The normalized spacial score (nSPS) is 12.1. The lowest BCUT2D eigenvalue weighted by Crippen LogP contribution is -2.07. The van der Waals surface area contributed by atoms with E-state index < -0.39 is 0 Å². The highest BCUT2D eigenvalue weighted by atomic mass is 16.5. The number of methoxy groups -OCH3 is 1. The van der Waals surface area contributed by atoms with E-state index in [1.165, 1.54) is 11.1 Å². The molecule has 0 aliphatic rings. The van der Waals surface area contributed by atoms with Crippen molar-refractivity contribution in [2.24, 2.45) is 0 Å². The highest BCUT2D eigenvalue weighted by molar-refractivity contribution is 5.30. The van der Waals surface area contributed by atoms with E-state index in [1.807, 2.05) is 18.2 Å². The molecule has 2 aromatic carbocycles. The van der Waals surface area contributed by atoms with Crippen molar-refractivity contribution >= 4 is 0 Å². The van der Waals surface area contributed by atoms with Crippen molar-refractivity contribution in [1.29, 1.82) is 0 Å². The number of hydrogen-bond donors (Lipinski definition) is 0. The van der Waals surface area contributed by atoms with E-state index in [9.17, 15) is 0 Å². The van der Waals surface area contributed by atoms with Crippen LogP contribution in [0.25, 0.3) is 0 Å². The van der Waals surface area contributed by atoms with Gasteiger partial charge in [-0.2, -0.15) is 0 Å². The zero-order valence-corrected chi connectivity index (χ0v) is 12.2. The van der Waals surface area contributed by atoms with Gasteiger partial charge in [0.1, 0.15) is 5.75 Å². The van der Waals surface area contributed by atoms with E-state index in [4.69, 9.17) is 9.47 Å². The molecule has 20 heavy (non-hydrogen) atoms. The lowest BCUT2D eigenvalue weighted by atomic mass is 10.0. The topological polar surface area (TPSA) is 18.5 Å². The molecule has 2 heteroatoms. The van der Waals surface area contributed by atoms with Gasteiger partial charge in [-0.1, -0.05) is 49.4 Å². The third-order valence-corrected chi connectivity index (χ3v) is 3.41. The van der Waals surface area contributed by atoms with Gasteiger partial charge in [-0.3, -0.25) is 0 Å². The van der Waals surface area contributed by atoms with E-state index in [0.29, 0.717) is 5.92 Å². The SMILES string of the molecule is COc1cccc(C(C)COCCc2ccccc2)c1. The van der Waals surface area contributed by atoms with Crippen LogP contribution in [0.2, 0.25) is 0 Å². The fourth-order valence-electron chi connectivity index (χ4n) is 2.14. The van der Waals surface area contributed by atoms with E-state index in [-0.39, 0.29) is 0 Å². The Labute approximate surface area is 121 Å². The third-order valence-electron chi connectivity index (χ3n) is 3.41. The van der Waals surface area contributed by atoms with Gasteiger partial charge in [0.2, 0.25) is 0 Å². The second kappa shape index (κ2) is 7.71. The molecular weight excluding hydrogens is 248 g/mol. The second-order valence-electron chi connectivity index (χ2n) is 4.99. The summed E-state index contributed by atoms with van der Waals surface area (Å²) in [7, 11) is 1.69. The van der Waals surface area contributed by atoms with Crippen molar-refractivity contribution in [3.63, 3.8) is 0 Å². The van der Waals surface area contributed by atoms with E-state index in [2.05, 4.69) is 43.3 Å². The average molecular weight is 270 g/mol. The molecule has 0 bridgehead atoms. The molecule has 0 amide bonds. The molecule has 2 rings (SSSR count). The summed E-state index contributed by atoms with van der Waals surface area (Å²) in [4.78, 5) is 0. The lowest BCUT2D eigenvalue weighted by Gasteiger charge is -2.13. The van der Waals surface area contributed by atoms with Crippen LogP contribution >= 0.6 is 0 Å². The first-order valence-corrected chi connectivity index (χ1v) is 7.05. The Bertz CT molecular complexity index is 508. The first kappa shape index (κ1) is 14.6. The fraction of sp³-hybridized carbons (Fsp3) is 0.333. The molecule has 0 saturated heterocycles. The molecular formula is C18H22O2. The van der Waals surface area contributed by atoms with Gasteiger partial charge >= 0.3 is 0 Å². The van der Waals surface area contributed by atoms with Gasteiger partial charge in [0.25, 0.3) is 0 Å². The van der Waals surface area contributed by atoms with Crippen molar-refractivity contribution in [3.8, 4) is 5.75 Å². The van der Waals surface area contributed by atoms with Gasteiger partial charge in [0.05, 0.1) is 20.3 Å². The Morgan fingerprint density at radius 3 is 2.55 bits per heavy atom. The predicted molar refractivity (Wildman–Crippen MR) is 82.4 cm³/mol. The van der Waals surface area contributed by atoms with Crippen molar-refractivity contribution in [1.82, 2.24) is 0 Å². The molecule has 0 aliphatic carbocycles. The van der Waals surface area contributed by atoms with Crippen LogP contribution in [0.15, 0.2) is 54.6 Å². The maximum Gasteiger partial charge on any atom is 0.119 e. The Hall–Kier alpha value is -1.80. The van der Waals surface area contributed by atoms with Gasteiger partial charge in [-0.05, 0) is 29.7 Å². The highest BCUT2D eigenvalue weighted by Crippen LogP contribution is 2.20. The van der Waals surface area contributed by atoms with Crippen LogP contribution in [0.4, 0.5) is 0 Å². The molecule has 0 N–H and O–H groups in total. The van der Waals surface area contributed by atoms with Crippen LogP contribution in [0.3, 0.4) is 0 Å². The number of ether oxygens (including phenoxy) is 2. The van der Waals surface area contributed by atoms with Gasteiger partial charge in [0, 0.05) is 5.92 Å². The fourth-order valence-corrected chi connectivity index (χ4v) is 2.14. The molecule has 0 spiro atoms. The summed E-state index contributed by atoms with van der Waals surface area (Å²) in [6.45, 7) is 3.68. The molecule has 0 aromatic heterocycles. The van der Waals surface area contributed by atoms with Gasteiger partial charge < -0.3 is 9.47 Å². The molecule has 2 aromatic rings. The zero-order valence-electron chi connectivity index (χ0n) is 12.2. The number of rotatable bonds is 7. The molecule has 0 heterocycles. The minimum Gasteiger partial charge on any atom is -0.497 e. The summed E-state index contributed by atoms with van der Waals surface area (Å²) in [5.41, 5.74) is 2.57. The summed E-state index contributed by atoms with van der Waals surface area (Å²) < 4.78 is 11.0. The Morgan fingerprint density at radius 2 is 1.80 bits per heavy atom. The highest BCUT2D eigenvalue weighted by Gasteiger charge is 2.06. The number of benzene rings is 2. The summed E-state index contributed by atoms with van der Waals surface area (Å²) in [6, 6.07) is 18.6. The van der Waals surface area contributed by atoms with Crippen molar-refractivity contribution in [3.05, 3.63) is 65.7 Å². The Kier molecular flexibility index (Phi) is 5.63. The van der Waals surface area contributed by atoms with Crippen LogP contribution in [0.1, 0.15) is 24.0 Å². The quantitative estimate of drug-likeness (QED) is 0.706. The van der Waals surface area contributed by atoms with E-state index in [0.717, 1.165) is 25.4 Å².